The van der Waals surface area contributed by atoms with Gasteiger partial charge in [0.2, 0.25) is 5.91 Å². The van der Waals surface area contributed by atoms with Crippen molar-refractivity contribution in [1.29, 1.82) is 0 Å². The fourth-order valence-electron chi connectivity index (χ4n) is 2.16. The van der Waals surface area contributed by atoms with Crippen LogP contribution in [0.4, 0.5) is 0 Å². The number of amides is 1. The van der Waals surface area contributed by atoms with Crippen molar-refractivity contribution in [2.75, 3.05) is 33.3 Å². The summed E-state index contributed by atoms with van der Waals surface area (Å²) in [7, 11) is 1.65. The Bertz CT molecular complexity index is 381. The second-order valence-electron chi connectivity index (χ2n) is 4.51. The van der Waals surface area contributed by atoms with E-state index < -0.39 is 0 Å². The van der Waals surface area contributed by atoms with Crippen LogP contribution in [0.3, 0.4) is 0 Å². The van der Waals surface area contributed by atoms with Gasteiger partial charge in [-0.2, -0.15) is 0 Å². The number of ether oxygens (including phenoxy) is 1. The maximum atomic E-state index is 11.5. The Hall–Kier alpha value is -1.39. The van der Waals surface area contributed by atoms with Gasteiger partial charge in [0.05, 0.1) is 6.61 Å². The largest absolute Gasteiger partial charge is 0.366 e. The molecule has 4 nitrogen and oxygen atoms in total. The van der Waals surface area contributed by atoms with Crippen molar-refractivity contribution in [3.8, 4) is 0 Å². The van der Waals surface area contributed by atoms with Crippen molar-refractivity contribution in [3.63, 3.8) is 0 Å². The number of likely N-dealkylation sites (N-methyl/N-ethyl adjacent to an activating group) is 1. The van der Waals surface area contributed by atoms with Crippen molar-refractivity contribution in [2.45, 2.75) is 12.5 Å². The van der Waals surface area contributed by atoms with Gasteiger partial charge in [0.1, 0.15) is 6.10 Å². The Balaban J connectivity index is 1.81. The van der Waals surface area contributed by atoms with E-state index in [1.54, 1.807) is 7.05 Å². The molecule has 1 fully saturated rings. The van der Waals surface area contributed by atoms with Gasteiger partial charge in [-0.25, -0.2) is 0 Å². The summed E-state index contributed by atoms with van der Waals surface area (Å²) in [5.41, 5.74) is 1.33. The van der Waals surface area contributed by atoms with Crippen LogP contribution >= 0.6 is 0 Å². The summed E-state index contributed by atoms with van der Waals surface area (Å²) >= 11 is 0. The Kier molecular flexibility index (Phi) is 4.73. The number of rotatable bonds is 4. The number of carbonyl (C=O) groups excluding carboxylic acids is 1. The molecule has 1 aliphatic rings. The maximum absolute atomic E-state index is 11.5. The Morgan fingerprint density at radius 3 is 2.94 bits per heavy atom. The van der Waals surface area contributed by atoms with Crippen LogP contribution in [0.5, 0.6) is 0 Å². The van der Waals surface area contributed by atoms with Gasteiger partial charge in [0.25, 0.3) is 0 Å². The van der Waals surface area contributed by atoms with E-state index in [4.69, 9.17) is 4.74 Å². The third-order valence-electron chi connectivity index (χ3n) is 3.25. The Labute approximate surface area is 108 Å². The first-order valence-corrected chi connectivity index (χ1v) is 6.39. The van der Waals surface area contributed by atoms with E-state index in [-0.39, 0.29) is 12.0 Å². The van der Waals surface area contributed by atoms with Crippen LogP contribution in [0.15, 0.2) is 30.3 Å². The zero-order valence-corrected chi connectivity index (χ0v) is 10.8. The number of nitrogens with zero attached hydrogens (tertiary/aromatic N) is 1. The summed E-state index contributed by atoms with van der Waals surface area (Å²) < 4.78 is 5.46. The summed E-state index contributed by atoms with van der Waals surface area (Å²) in [4.78, 5) is 13.8. The molecular weight excluding hydrogens is 228 g/mol. The SMILES string of the molecule is CNC(=O)C1CN(CCc2ccccc2)CCO1. The van der Waals surface area contributed by atoms with Crippen LogP contribution in [0.2, 0.25) is 0 Å². The van der Waals surface area contributed by atoms with Gasteiger partial charge in [-0.15, -0.1) is 0 Å². The van der Waals surface area contributed by atoms with Crippen molar-refractivity contribution in [2.24, 2.45) is 0 Å². The molecule has 1 aromatic rings. The molecule has 18 heavy (non-hydrogen) atoms. The minimum absolute atomic E-state index is 0.0283. The summed E-state index contributed by atoms with van der Waals surface area (Å²) in [5.74, 6) is -0.0283. The molecule has 0 saturated carbocycles. The highest BCUT2D eigenvalue weighted by atomic mass is 16.5. The van der Waals surface area contributed by atoms with Crippen LogP contribution in [0.25, 0.3) is 0 Å². The lowest BCUT2D eigenvalue weighted by atomic mass is 10.1. The van der Waals surface area contributed by atoms with E-state index in [2.05, 4.69) is 34.5 Å². The van der Waals surface area contributed by atoms with Gasteiger partial charge in [-0.05, 0) is 12.0 Å². The predicted octanol–water partition coefficient (Wildman–Crippen LogP) is 0.676. The third-order valence-corrected chi connectivity index (χ3v) is 3.25. The smallest absolute Gasteiger partial charge is 0.250 e. The quantitative estimate of drug-likeness (QED) is 0.852. The average Bonchev–Trinajstić information content (AvgIpc) is 2.45. The van der Waals surface area contributed by atoms with Crippen LogP contribution in [-0.2, 0) is 16.0 Å². The second-order valence-corrected chi connectivity index (χ2v) is 4.51. The number of morpholine rings is 1. The number of hydrogen-bond acceptors (Lipinski definition) is 3. The van der Waals surface area contributed by atoms with E-state index >= 15 is 0 Å². The molecule has 98 valence electrons. The summed E-state index contributed by atoms with van der Waals surface area (Å²) in [6.45, 7) is 3.20. The van der Waals surface area contributed by atoms with Gasteiger partial charge in [-0.1, -0.05) is 30.3 Å². The number of hydrogen-bond donors (Lipinski definition) is 1. The molecule has 1 amide bonds. The second kappa shape index (κ2) is 6.52. The molecule has 0 aliphatic carbocycles. The lowest BCUT2D eigenvalue weighted by Gasteiger charge is -2.31. The van der Waals surface area contributed by atoms with E-state index in [0.29, 0.717) is 13.2 Å². The molecule has 0 aromatic heterocycles. The van der Waals surface area contributed by atoms with Crippen LogP contribution in [-0.4, -0.2) is 50.2 Å². The number of nitrogens with one attached hydrogen (secondary N) is 1. The van der Waals surface area contributed by atoms with Crippen molar-refractivity contribution >= 4 is 5.91 Å². The lowest BCUT2D eigenvalue weighted by Crippen LogP contribution is -2.49. The summed E-state index contributed by atoms with van der Waals surface area (Å²) in [6.07, 6.45) is 0.695. The predicted molar refractivity (Wildman–Crippen MR) is 70.4 cm³/mol. The first-order chi connectivity index (χ1) is 8.79. The molecule has 4 heteroatoms. The molecule has 1 aliphatic heterocycles. The van der Waals surface area contributed by atoms with Gasteiger partial charge in [0, 0.05) is 26.7 Å². The molecule has 1 unspecified atom stereocenters. The van der Waals surface area contributed by atoms with Crippen molar-refractivity contribution in [1.82, 2.24) is 10.2 Å². The summed E-state index contributed by atoms with van der Waals surface area (Å²) in [6, 6.07) is 10.4. The molecule has 2 rings (SSSR count). The van der Waals surface area contributed by atoms with Gasteiger partial charge in [0.15, 0.2) is 0 Å². The lowest BCUT2D eigenvalue weighted by molar-refractivity contribution is -0.137. The standard InChI is InChI=1S/C14H20N2O2/c1-15-14(17)13-11-16(9-10-18-13)8-7-12-5-3-2-4-6-12/h2-6,13H,7-11H2,1H3,(H,15,17). The van der Waals surface area contributed by atoms with E-state index in [0.717, 1.165) is 19.5 Å². The van der Waals surface area contributed by atoms with Gasteiger partial charge >= 0.3 is 0 Å². The fraction of sp³-hybridized carbons (Fsp3) is 0.500. The van der Waals surface area contributed by atoms with Crippen LogP contribution < -0.4 is 5.32 Å². The fourth-order valence-corrected chi connectivity index (χ4v) is 2.16. The molecule has 1 aromatic carbocycles. The number of benzene rings is 1. The molecule has 1 heterocycles. The minimum atomic E-state index is -0.320. The van der Waals surface area contributed by atoms with Gasteiger partial charge in [-0.3, -0.25) is 9.69 Å². The first-order valence-electron chi connectivity index (χ1n) is 6.39. The third kappa shape index (κ3) is 3.55. The Morgan fingerprint density at radius 1 is 1.44 bits per heavy atom. The van der Waals surface area contributed by atoms with Crippen LogP contribution in [0.1, 0.15) is 5.56 Å². The molecule has 1 atom stereocenters. The monoisotopic (exact) mass is 248 g/mol. The normalized spacial score (nSPS) is 20.6. The van der Waals surface area contributed by atoms with E-state index in [9.17, 15) is 4.79 Å². The van der Waals surface area contributed by atoms with Crippen molar-refractivity contribution < 1.29 is 9.53 Å². The van der Waals surface area contributed by atoms with Gasteiger partial charge < -0.3 is 10.1 Å². The van der Waals surface area contributed by atoms with E-state index in [1.165, 1.54) is 5.56 Å². The Morgan fingerprint density at radius 2 is 2.22 bits per heavy atom. The first kappa shape index (κ1) is 13.1. The number of carbonyl (C=O) groups is 1. The minimum Gasteiger partial charge on any atom is -0.366 e. The molecule has 0 radical (unpaired) electrons. The highest BCUT2D eigenvalue weighted by molar-refractivity contribution is 5.80. The maximum Gasteiger partial charge on any atom is 0.250 e. The highest BCUT2D eigenvalue weighted by Gasteiger charge is 2.25. The highest BCUT2D eigenvalue weighted by Crippen LogP contribution is 2.07. The van der Waals surface area contributed by atoms with Crippen molar-refractivity contribution in [3.05, 3.63) is 35.9 Å². The zero-order chi connectivity index (χ0) is 12.8. The molecule has 1 saturated heterocycles. The molecule has 0 bridgehead atoms. The summed E-state index contributed by atoms with van der Waals surface area (Å²) in [5, 5.41) is 2.64. The molecule has 1 N–H and O–H groups in total. The average molecular weight is 248 g/mol. The zero-order valence-electron chi connectivity index (χ0n) is 10.8. The van der Waals surface area contributed by atoms with E-state index in [1.807, 2.05) is 6.07 Å². The van der Waals surface area contributed by atoms with Crippen LogP contribution in [0, 0.1) is 0 Å². The topological polar surface area (TPSA) is 41.6 Å². The molecule has 0 spiro atoms. The molecular formula is C14H20N2O2.